The second-order valence-corrected chi connectivity index (χ2v) is 5.88. The van der Waals surface area contributed by atoms with Gasteiger partial charge in [0.05, 0.1) is 0 Å². The molecule has 0 amide bonds. The summed E-state index contributed by atoms with van der Waals surface area (Å²) in [5.41, 5.74) is 0. The second-order valence-electron chi connectivity index (χ2n) is 2.73. The quantitative estimate of drug-likeness (QED) is 0.471. The molecule has 10 heavy (non-hydrogen) atoms. The van der Waals surface area contributed by atoms with E-state index in [2.05, 4.69) is 30.9 Å². The number of rotatable bonds is 2. The van der Waals surface area contributed by atoms with E-state index in [4.69, 9.17) is 0 Å². The Morgan fingerprint density at radius 2 is 2.50 bits per heavy atom. The summed E-state index contributed by atoms with van der Waals surface area (Å²) in [5.74, 6) is 0. The molecule has 2 atom stereocenters. The number of hydrogen-bond acceptors (Lipinski definition) is 0. The van der Waals surface area contributed by atoms with Gasteiger partial charge in [0.1, 0.15) is 0 Å². The molecular weight excluding hydrogens is 187 g/mol. The van der Waals surface area contributed by atoms with Gasteiger partial charge in [-0.05, 0) is 0 Å². The topological polar surface area (TPSA) is 0 Å². The van der Waals surface area contributed by atoms with Gasteiger partial charge in [-0.1, -0.05) is 0 Å². The van der Waals surface area contributed by atoms with Crippen LogP contribution in [0.3, 0.4) is 0 Å². The molecule has 0 spiro atoms. The molecule has 0 saturated carbocycles. The van der Waals surface area contributed by atoms with Crippen molar-refractivity contribution in [1.29, 1.82) is 0 Å². The molecule has 1 heterocycles. The molecule has 1 aliphatic carbocycles. The third-order valence-corrected chi connectivity index (χ3v) is 5.31. The predicted octanol–water partition coefficient (Wildman–Crippen LogP) is 2.35. The molecule has 1 fully saturated rings. The van der Waals surface area contributed by atoms with E-state index in [0.29, 0.717) is 4.31 Å². The Bertz CT molecular complexity index is 215. The normalized spacial score (nSPS) is 41.0. The molecule has 0 aromatic heterocycles. The van der Waals surface area contributed by atoms with E-state index in [1.165, 1.54) is 6.42 Å². The van der Waals surface area contributed by atoms with Crippen LogP contribution in [0.1, 0.15) is 6.42 Å². The van der Waals surface area contributed by atoms with E-state index in [0.717, 1.165) is 19.8 Å². The molecule has 0 bridgehead atoms. The molecule has 0 nitrogen and oxygen atoms in total. The van der Waals surface area contributed by atoms with Crippen molar-refractivity contribution in [1.82, 2.24) is 0 Å². The minimum atomic E-state index is 0.573. The zero-order chi connectivity index (χ0) is 7.03. The fourth-order valence-electron chi connectivity index (χ4n) is 1.38. The average Bonchev–Trinajstić information content (AvgIpc) is 2.62. The van der Waals surface area contributed by atoms with E-state index >= 15 is 0 Å². The monoisotopic (exact) mass is 198 g/mol. The van der Waals surface area contributed by atoms with Crippen LogP contribution in [0.5, 0.6) is 0 Å². The summed E-state index contributed by atoms with van der Waals surface area (Å²) in [5, 5.41) is 0. The van der Waals surface area contributed by atoms with Gasteiger partial charge >= 0.3 is 67.5 Å². The molecule has 2 unspecified atom stereocenters. The molecule has 2 rings (SSSR count). The predicted molar refractivity (Wildman–Crippen MR) is 45.3 cm³/mol. The van der Waals surface area contributed by atoms with Crippen molar-refractivity contribution in [2.24, 2.45) is 0 Å². The summed E-state index contributed by atoms with van der Waals surface area (Å²) in [4.78, 5) is 0.892. The Kier molecular flexibility index (Phi) is 1.36. The van der Waals surface area contributed by atoms with Crippen LogP contribution < -0.4 is 0 Å². The van der Waals surface area contributed by atoms with Gasteiger partial charge in [-0.15, -0.1) is 0 Å². The molecular formula is C9H10Se. The van der Waals surface area contributed by atoms with Crippen LogP contribution in [0, 0.1) is 0 Å². The maximum absolute atomic E-state index is 3.78. The van der Waals surface area contributed by atoms with Crippen molar-refractivity contribution in [3.8, 4) is 0 Å². The third kappa shape index (κ3) is 0.817. The van der Waals surface area contributed by atoms with Gasteiger partial charge in [-0.3, -0.25) is 0 Å². The minimum absolute atomic E-state index is 0.573. The van der Waals surface area contributed by atoms with Crippen LogP contribution in [0.2, 0.25) is 9.13 Å². The van der Waals surface area contributed by atoms with Crippen molar-refractivity contribution in [2.75, 3.05) is 0 Å². The standard InChI is InChI=1S/C9H10Se/c1-2-6-9-7-4-3-5-8(9)10-9/h2-5,7-8H,1,6H2. The molecule has 1 saturated heterocycles. The van der Waals surface area contributed by atoms with Crippen LogP contribution in [0.15, 0.2) is 37.0 Å². The van der Waals surface area contributed by atoms with Gasteiger partial charge in [0.2, 0.25) is 0 Å². The molecule has 0 radical (unpaired) electrons. The molecule has 52 valence electrons. The first kappa shape index (κ1) is 6.45. The Labute approximate surface area is 67.9 Å². The Hall–Kier alpha value is -0.261. The van der Waals surface area contributed by atoms with Gasteiger partial charge in [0, 0.05) is 0 Å². The van der Waals surface area contributed by atoms with Gasteiger partial charge in [-0.2, -0.15) is 0 Å². The summed E-state index contributed by atoms with van der Waals surface area (Å²) in [7, 11) is 0. The van der Waals surface area contributed by atoms with Gasteiger partial charge in [0.25, 0.3) is 0 Å². The summed E-state index contributed by atoms with van der Waals surface area (Å²) in [6, 6.07) is 0. The third-order valence-electron chi connectivity index (χ3n) is 2.01. The fraction of sp³-hybridized carbons (Fsp3) is 0.333. The number of hydrogen-bond donors (Lipinski definition) is 0. The van der Waals surface area contributed by atoms with Crippen LogP contribution in [0.25, 0.3) is 0 Å². The average molecular weight is 197 g/mol. The fourth-order valence-corrected chi connectivity index (χ4v) is 3.89. The molecule has 0 aromatic carbocycles. The summed E-state index contributed by atoms with van der Waals surface area (Å²) < 4.78 is 0.573. The van der Waals surface area contributed by atoms with Crippen molar-refractivity contribution >= 4 is 15.0 Å². The molecule has 1 heteroatoms. The first-order chi connectivity index (χ1) is 4.87. The van der Waals surface area contributed by atoms with E-state index in [1.807, 2.05) is 6.08 Å². The number of fused-ring (bicyclic) bond motifs is 1. The van der Waals surface area contributed by atoms with Gasteiger partial charge < -0.3 is 0 Å². The summed E-state index contributed by atoms with van der Waals surface area (Å²) in [6.45, 7) is 3.78. The SMILES string of the molecule is C=CCC12C=CC=CC1[Se]2. The van der Waals surface area contributed by atoms with Crippen molar-refractivity contribution < 1.29 is 0 Å². The van der Waals surface area contributed by atoms with Crippen molar-refractivity contribution in [2.45, 2.75) is 15.6 Å². The van der Waals surface area contributed by atoms with E-state index in [9.17, 15) is 0 Å². The van der Waals surface area contributed by atoms with Crippen LogP contribution in [-0.2, 0) is 0 Å². The molecule has 0 aromatic rings. The Balaban J connectivity index is 2.15. The van der Waals surface area contributed by atoms with Crippen LogP contribution >= 0.6 is 0 Å². The summed E-state index contributed by atoms with van der Waals surface area (Å²) in [6.07, 6.45) is 12.3. The van der Waals surface area contributed by atoms with Crippen molar-refractivity contribution in [3.05, 3.63) is 37.0 Å². The second kappa shape index (κ2) is 2.11. The first-order valence-electron chi connectivity index (χ1n) is 3.52. The van der Waals surface area contributed by atoms with E-state index < -0.39 is 0 Å². The van der Waals surface area contributed by atoms with Gasteiger partial charge in [-0.25, -0.2) is 0 Å². The molecule has 0 N–H and O–H groups in total. The van der Waals surface area contributed by atoms with Gasteiger partial charge in [0.15, 0.2) is 0 Å². The van der Waals surface area contributed by atoms with E-state index in [1.54, 1.807) is 0 Å². The van der Waals surface area contributed by atoms with Crippen molar-refractivity contribution in [3.63, 3.8) is 0 Å². The summed E-state index contributed by atoms with van der Waals surface area (Å²) >= 11 is 0.824. The zero-order valence-corrected chi connectivity index (χ0v) is 7.50. The number of allylic oxidation sites excluding steroid dienone is 5. The Morgan fingerprint density at radius 1 is 1.60 bits per heavy atom. The van der Waals surface area contributed by atoms with E-state index in [-0.39, 0.29) is 0 Å². The maximum atomic E-state index is 3.78. The zero-order valence-electron chi connectivity index (χ0n) is 5.79. The molecule has 1 aliphatic heterocycles. The molecule has 2 aliphatic rings. The Morgan fingerprint density at radius 3 is 3.20 bits per heavy atom. The van der Waals surface area contributed by atoms with Crippen LogP contribution in [0.4, 0.5) is 0 Å². The first-order valence-corrected chi connectivity index (χ1v) is 5.37. The van der Waals surface area contributed by atoms with Crippen LogP contribution in [-0.4, -0.2) is 15.0 Å².